The average molecular weight is 277 g/mol. The van der Waals surface area contributed by atoms with Gasteiger partial charge in [0.15, 0.2) is 0 Å². The number of hydrogen-bond donors (Lipinski definition) is 3. The predicted octanol–water partition coefficient (Wildman–Crippen LogP) is -0.427. The maximum absolute atomic E-state index is 11.5. The summed E-state index contributed by atoms with van der Waals surface area (Å²) in [5.74, 6) is -0.163. The summed E-state index contributed by atoms with van der Waals surface area (Å²) in [5, 5.41) is 5.87. The number of nitrogens with one attached hydrogen (secondary N) is 3. The van der Waals surface area contributed by atoms with Crippen molar-refractivity contribution in [3.63, 3.8) is 0 Å². The zero-order valence-corrected chi connectivity index (χ0v) is 11.8. The first-order chi connectivity index (χ1) is 8.39. The third kappa shape index (κ3) is 6.32. The molecule has 1 heterocycles. The van der Waals surface area contributed by atoms with Crippen LogP contribution in [0.5, 0.6) is 0 Å². The van der Waals surface area contributed by atoms with Gasteiger partial charge >= 0.3 is 0 Å². The molecule has 1 saturated heterocycles. The van der Waals surface area contributed by atoms with Crippen molar-refractivity contribution in [2.45, 2.75) is 45.2 Å². The summed E-state index contributed by atoms with van der Waals surface area (Å²) in [6.07, 6.45) is 2.54. The van der Waals surface area contributed by atoms with Crippen LogP contribution in [0.4, 0.5) is 0 Å². The molecule has 0 aliphatic carbocycles. The Labute approximate surface area is 109 Å². The molecular formula is C11H23N3O3S. The van der Waals surface area contributed by atoms with E-state index in [4.69, 9.17) is 0 Å². The summed E-state index contributed by atoms with van der Waals surface area (Å²) < 4.78 is 25.5. The number of sulfonamides is 1. The molecule has 6 nitrogen and oxygen atoms in total. The van der Waals surface area contributed by atoms with Crippen molar-refractivity contribution < 1.29 is 13.2 Å². The molecule has 1 atom stereocenters. The van der Waals surface area contributed by atoms with Gasteiger partial charge < -0.3 is 10.6 Å². The largest absolute Gasteiger partial charge is 0.355 e. The van der Waals surface area contributed by atoms with E-state index in [9.17, 15) is 13.2 Å². The van der Waals surface area contributed by atoms with Crippen molar-refractivity contribution in [1.29, 1.82) is 0 Å². The third-order valence-electron chi connectivity index (χ3n) is 2.70. The van der Waals surface area contributed by atoms with E-state index in [-0.39, 0.29) is 30.3 Å². The van der Waals surface area contributed by atoms with Gasteiger partial charge in [-0.05, 0) is 33.2 Å². The maximum atomic E-state index is 11.5. The van der Waals surface area contributed by atoms with E-state index in [1.807, 2.05) is 0 Å². The maximum Gasteiger partial charge on any atom is 0.221 e. The van der Waals surface area contributed by atoms with E-state index in [0.717, 1.165) is 19.4 Å². The minimum atomic E-state index is -3.28. The van der Waals surface area contributed by atoms with Crippen LogP contribution in [-0.2, 0) is 14.8 Å². The van der Waals surface area contributed by atoms with Crippen LogP contribution in [-0.4, -0.2) is 45.3 Å². The minimum absolute atomic E-state index is 0.0744. The van der Waals surface area contributed by atoms with Gasteiger partial charge in [-0.25, -0.2) is 13.1 Å². The number of carbonyl (C=O) groups is 1. The van der Waals surface area contributed by atoms with E-state index in [2.05, 4.69) is 15.4 Å². The number of amides is 1. The van der Waals surface area contributed by atoms with Gasteiger partial charge in [-0.1, -0.05) is 0 Å². The lowest BCUT2D eigenvalue weighted by Crippen LogP contribution is -2.38. The summed E-state index contributed by atoms with van der Waals surface area (Å²) in [6, 6.07) is 0.129. The second kappa shape index (κ2) is 7.06. The molecule has 0 bridgehead atoms. The van der Waals surface area contributed by atoms with Crippen LogP contribution >= 0.6 is 0 Å². The summed E-state index contributed by atoms with van der Waals surface area (Å²) in [5.41, 5.74) is 0. The van der Waals surface area contributed by atoms with Gasteiger partial charge in [0, 0.05) is 25.0 Å². The van der Waals surface area contributed by atoms with E-state index in [1.165, 1.54) is 0 Å². The van der Waals surface area contributed by atoms with Crippen LogP contribution in [0.25, 0.3) is 0 Å². The molecule has 0 aromatic rings. The van der Waals surface area contributed by atoms with Gasteiger partial charge in [0.2, 0.25) is 15.9 Å². The second-order valence-electron chi connectivity index (χ2n) is 4.94. The van der Waals surface area contributed by atoms with Gasteiger partial charge in [-0.3, -0.25) is 4.79 Å². The van der Waals surface area contributed by atoms with Gasteiger partial charge in [-0.15, -0.1) is 0 Å². The molecule has 7 heteroatoms. The molecule has 0 radical (unpaired) electrons. The number of rotatable bonds is 7. The van der Waals surface area contributed by atoms with E-state index in [1.54, 1.807) is 13.8 Å². The Bertz CT molecular complexity index is 362. The monoisotopic (exact) mass is 277 g/mol. The van der Waals surface area contributed by atoms with E-state index >= 15 is 0 Å². The Morgan fingerprint density at radius 3 is 2.72 bits per heavy atom. The third-order valence-corrected chi connectivity index (χ3v) is 4.27. The van der Waals surface area contributed by atoms with Gasteiger partial charge in [0.1, 0.15) is 0 Å². The Balaban J connectivity index is 2.18. The van der Waals surface area contributed by atoms with Gasteiger partial charge in [0.25, 0.3) is 0 Å². The van der Waals surface area contributed by atoms with Crippen LogP contribution in [0, 0.1) is 0 Å². The smallest absolute Gasteiger partial charge is 0.221 e. The van der Waals surface area contributed by atoms with Crippen LogP contribution in [0.2, 0.25) is 0 Å². The molecular weight excluding hydrogens is 254 g/mol. The zero-order valence-electron chi connectivity index (χ0n) is 11.0. The zero-order chi connectivity index (χ0) is 13.6. The molecule has 0 spiro atoms. The topological polar surface area (TPSA) is 87.3 Å². The molecule has 1 unspecified atom stereocenters. The quantitative estimate of drug-likeness (QED) is 0.589. The lowest BCUT2D eigenvalue weighted by Gasteiger charge is -2.12. The Kier molecular flexibility index (Phi) is 6.04. The van der Waals surface area contributed by atoms with Crippen molar-refractivity contribution in [3.8, 4) is 0 Å². The van der Waals surface area contributed by atoms with Gasteiger partial charge in [0.05, 0.1) is 5.75 Å². The number of carbonyl (C=O) groups excluding carboxylic acids is 1. The van der Waals surface area contributed by atoms with Crippen molar-refractivity contribution in [2.75, 3.05) is 18.8 Å². The minimum Gasteiger partial charge on any atom is -0.355 e. The first-order valence-electron chi connectivity index (χ1n) is 6.39. The van der Waals surface area contributed by atoms with E-state index in [0.29, 0.717) is 6.42 Å². The fraction of sp³-hybridized carbons (Fsp3) is 0.909. The summed E-state index contributed by atoms with van der Waals surface area (Å²) in [7, 11) is -3.28. The predicted molar refractivity (Wildman–Crippen MR) is 70.7 cm³/mol. The highest BCUT2D eigenvalue weighted by atomic mass is 32.2. The normalized spacial score (nSPS) is 20.3. The first kappa shape index (κ1) is 15.4. The molecule has 1 amide bonds. The van der Waals surface area contributed by atoms with Crippen molar-refractivity contribution >= 4 is 15.9 Å². The Morgan fingerprint density at radius 2 is 2.17 bits per heavy atom. The fourth-order valence-corrected chi connectivity index (χ4v) is 3.18. The molecule has 1 aliphatic heterocycles. The van der Waals surface area contributed by atoms with Crippen LogP contribution < -0.4 is 15.4 Å². The summed E-state index contributed by atoms with van der Waals surface area (Å²) in [6.45, 7) is 4.65. The van der Waals surface area contributed by atoms with Crippen LogP contribution in [0.15, 0.2) is 0 Å². The molecule has 0 saturated carbocycles. The molecule has 106 valence electrons. The molecule has 1 aliphatic rings. The molecule has 18 heavy (non-hydrogen) atoms. The first-order valence-corrected chi connectivity index (χ1v) is 8.04. The highest BCUT2D eigenvalue weighted by Crippen LogP contribution is 2.07. The Morgan fingerprint density at radius 1 is 1.44 bits per heavy atom. The highest BCUT2D eigenvalue weighted by Gasteiger charge is 2.18. The average Bonchev–Trinajstić information content (AvgIpc) is 2.67. The fourth-order valence-electron chi connectivity index (χ4n) is 1.97. The SMILES string of the molecule is CC(C)NS(=O)(=O)CCNC(=O)CC1CCCN1. The molecule has 0 aromatic heterocycles. The molecule has 1 fully saturated rings. The van der Waals surface area contributed by atoms with Crippen LogP contribution in [0.1, 0.15) is 33.1 Å². The standard InChI is InChI=1S/C11H23N3O3S/c1-9(2)14-18(16,17)7-6-13-11(15)8-10-4-3-5-12-10/h9-10,12,14H,3-8H2,1-2H3,(H,13,15). The summed E-state index contributed by atoms with van der Waals surface area (Å²) >= 11 is 0. The summed E-state index contributed by atoms with van der Waals surface area (Å²) in [4.78, 5) is 11.5. The van der Waals surface area contributed by atoms with Gasteiger partial charge in [-0.2, -0.15) is 0 Å². The second-order valence-corrected chi connectivity index (χ2v) is 6.81. The molecule has 0 aromatic carbocycles. The van der Waals surface area contributed by atoms with Crippen molar-refractivity contribution in [2.24, 2.45) is 0 Å². The Hall–Kier alpha value is -0.660. The van der Waals surface area contributed by atoms with Crippen molar-refractivity contribution in [3.05, 3.63) is 0 Å². The number of hydrogen-bond acceptors (Lipinski definition) is 4. The highest BCUT2D eigenvalue weighted by molar-refractivity contribution is 7.89. The lowest BCUT2D eigenvalue weighted by molar-refractivity contribution is -0.121. The lowest BCUT2D eigenvalue weighted by atomic mass is 10.1. The van der Waals surface area contributed by atoms with Crippen LogP contribution in [0.3, 0.4) is 0 Å². The molecule has 3 N–H and O–H groups in total. The van der Waals surface area contributed by atoms with E-state index < -0.39 is 10.0 Å². The molecule has 1 rings (SSSR count). The van der Waals surface area contributed by atoms with Crippen molar-refractivity contribution in [1.82, 2.24) is 15.4 Å².